The SMILES string of the molecule is CC1(C)CCC(c2ccc(C3(CN)CCC3)cc2)CC1. The van der Waals surface area contributed by atoms with Gasteiger partial charge in [-0.2, -0.15) is 0 Å². The van der Waals surface area contributed by atoms with Crippen molar-refractivity contribution in [3.05, 3.63) is 35.4 Å². The Morgan fingerprint density at radius 3 is 2.05 bits per heavy atom. The number of nitrogens with two attached hydrogens (primary N) is 1. The van der Waals surface area contributed by atoms with Crippen LogP contribution in [0.15, 0.2) is 24.3 Å². The van der Waals surface area contributed by atoms with Gasteiger partial charge in [-0.05, 0) is 61.0 Å². The van der Waals surface area contributed by atoms with E-state index in [0.29, 0.717) is 10.8 Å². The molecule has 1 aromatic rings. The highest BCUT2D eigenvalue weighted by Crippen LogP contribution is 2.45. The molecule has 0 saturated heterocycles. The van der Waals surface area contributed by atoms with Crippen molar-refractivity contribution in [2.75, 3.05) is 6.54 Å². The molecule has 0 heterocycles. The van der Waals surface area contributed by atoms with Crippen molar-refractivity contribution >= 4 is 0 Å². The minimum Gasteiger partial charge on any atom is -0.330 e. The molecule has 1 nitrogen and oxygen atoms in total. The van der Waals surface area contributed by atoms with Crippen molar-refractivity contribution in [1.29, 1.82) is 0 Å². The highest BCUT2D eigenvalue weighted by molar-refractivity contribution is 5.33. The van der Waals surface area contributed by atoms with Gasteiger partial charge in [-0.25, -0.2) is 0 Å². The summed E-state index contributed by atoms with van der Waals surface area (Å²) in [6, 6.07) is 9.49. The predicted molar refractivity (Wildman–Crippen MR) is 86.0 cm³/mol. The van der Waals surface area contributed by atoms with Gasteiger partial charge < -0.3 is 5.73 Å². The Bertz CT molecular complexity index is 438. The van der Waals surface area contributed by atoms with Crippen LogP contribution in [0, 0.1) is 5.41 Å². The van der Waals surface area contributed by atoms with Gasteiger partial charge in [0.1, 0.15) is 0 Å². The van der Waals surface area contributed by atoms with Gasteiger partial charge >= 0.3 is 0 Å². The zero-order valence-corrected chi connectivity index (χ0v) is 13.1. The zero-order chi connectivity index (χ0) is 14.2. The smallest absolute Gasteiger partial charge is 0.00755 e. The highest BCUT2D eigenvalue weighted by atomic mass is 14.6. The molecule has 1 aromatic carbocycles. The fraction of sp³-hybridized carbons (Fsp3) is 0.684. The highest BCUT2D eigenvalue weighted by Gasteiger charge is 2.37. The van der Waals surface area contributed by atoms with Crippen LogP contribution in [0.25, 0.3) is 0 Å². The van der Waals surface area contributed by atoms with E-state index in [4.69, 9.17) is 5.73 Å². The molecule has 0 bridgehead atoms. The van der Waals surface area contributed by atoms with Crippen molar-refractivity contribution in [2.24, 2.45) is 11.1 Å². The molecule has 0 aliphatic heterocycles. The van der Waals surface area contributed by atoms with Gasteiger partial charge in [0.25, 0.3) is 0 Å². The van der Waals surface area contributed by atoms with E-state index in [1.54, 1.807) is 5.56 Å². The summed E-state index contributed by atoms with van der Waals surface area (Å²) in [4.78, 5) is 0. The largest absolute Gasteiger partial charge is 0.330 e. The minimum absolute atomic E-state index is 0.313. The Morgan fingerprint density at radius 1 is 1.00 bits per heavy atom. The maximum absolute atomic E-state index is 6.01. The van der Waals surface area contributed by atoms with Crippen molar-refractivity contribution in [3.8, 4) is 0 Å². The fourth-order valence-electron chi connectivity index (χ4n) is 4.06. The molecule has 0 amide bonds. The third kappa shape index (κ3) is 2.53. The van der Waals surface area contributed by atoms with E-state index in [0.717, 1.165) is 12.5 Å². The summed E-state index contributed by atoms with van der Waals surface area (Å²) >= 11 is 0. The molecule has 0 atom stereocenters. The normalized spacial score (nSPS) is 25.1. The van der Waals surface area contributed by atoms with Gasteiger partial charge in [-0.15, -0.1) is 0 Å². The van der Waals surface area contributed by atoms with E-state index in [1.165, 1.54) is 50.5 Å². The average Bonchev–Trinajstić information content (AvgIpc) is 2.39. The lowest BCUT2D eigenvalue weighted by atomic mass is 9.64. The van der Waals surface area contributed by atoms with E-state index in [2.05, 4.69) is 38.1 Å². The molecule has 0 unspecified atom stereocenters. The standard InChI is InChI=1S/C19H29N/c1-18(2)12-8-16(9-13-18)15-4-6-17(7-5-15)19(14-20)10-3-11-19/h4-7,16H,3,8-14,20H2,1-2H3. The van der Waals surface area contributed by atoms with E-state index < -0.39 is 0 Å². The predicted octanol–water partition coefficient (Wildman–Crippen LogP) is 4.75. The van der Waals surface area contributed by atoms with Crippen LogP contribution < -0.4 is 5.73 Å². The van der Waals surface area contributed by atoms with Crippen molar-refractivity contribution in [2.45, 2.75) is 70.1 Å². The van der Waals surface area contributed by atoms with Crippen LogP contribution in [0.5, 0.6) is 0 Å². The maximum atomic E-state index is 6.01. The molecule has 110 valence electrons. The average molecular weight is 271 g/mol. The Kier molecular flexibility index (Phi) is 3.66. The van der Waals surface area contributed by atoms with Crippen LogP contribution in [-0.2, 0) is 5.41 Å². The van der Waals surface area contributed by atoms with Crippen LogP contribution in [0.3, 0.4) is 0 Å². The molecule has 0 radical (unpaired) electrons. The third-order valence-electron chi connectivity index (χ3n) is 6.04. The van der Waals surface area contributed by atoms with Gasteiger partial charge in [-0.1, -0.05) is 44.5 Å². The molecule has 2 N–H and O–H groups in total. The second-order valence-electron chi connectivity index (χ2n) is 7.90. The molecule has 0 spiro atoms. The Labute approximate surface area is 124 Å². The first-order valence-corrected chi connectivity index (χ1v) is 8.35. The summed E-state index contributed by atoms with van der Waals surface area (Å²) in [5, 5.41) is 0. The summed E-state index contributed by atoms with van der Waals surface area (Å²) in [7, 11) is 0. The molecule has 1 heteroatoms. The first-order valence-electron chi connectivity index (χ1n) is 8.35. The summed E-state index contributed by atoms with van der Waals surface area (Å²) in [6.07, 6.45) is 9.35. The van der Waals surface area contributed by atoms with Crippen molar-refractivity contribution < 1.29 is 0 Å². The third-order valence-corrected chi connectivity index (χ3v) is 6.04. The van der Waals surface area contributed by atoms with Crippen LogP contribution in [0.1, 0.15) is 75.8 Å². The van der Waals surface area contributed by atoms with Gasteiger partial charge in [0.2, 0.25) is 0 Å². The Morgan fingerprint density at radius 2 is 1.60 bits per heavy atom. The minimum atomic E-state index is 0.313. The summed E-state index contributed by atoms with van der Waals surface area (Å²) in [6.45, 7) is 5.63. The topological polar surface area (TPSA) is 26.0 Å². The van der Waals surface area contributed by atoms with E-state index in [1.807, 2.05) is 0 Å². The fourth-order valence-corrected chi connectivity index (χ4v) is 4.06. The number of benzene rings is 1. The molecule has 2 aliphatic carbocycles. The van der Waals surface area contributed by atoms with Crippen molar-refractivity contribution in [3.63, 3.8) is 0 Å². The van der Waals surface area contributed by atoms with Crippen LogP contribution >= 0.6 is 0 Å². The van der Waals surface area contributed by atoms with Crippen LogP contribution in [-0.4, -0.2) is 6.54 Å². The van der Waals surface area contributed by atoms with Gasteiger partial charge in [0, 0.05) is 12.0 Å². The Balaban J connectivity index is 1.71. The zero-order valence-electron chi connectivity index (χ0n) is 13.1. The molecule has 2 saturated carbocycles. The lowest BCUT2D eigenvalue weighted by Crippen LogP contribution is -2.41. The molecular weight excluding hydrogens is 242 g/mol. The van der Waals surface area contributed by atoms with E-state index in [-0.39, 0.29) is 0 Å². The van der Waals surface area contributed by atoms with E-state index >= 15 is 0 Å². The van der Waals surface area contributed by atoms with Crippen LogP contribution in [0.4, 0.5) is 0 Å². The number of hydrogen-bond donors (Lipinski definition) is 1. The van der Waals surface area contributed by atoms with Crippen molar-refractivity contribution in [1.82, 2.24) is 0 Å². The number of rotatable bonds is 3. The lowest BCUT2D eigenvalue weighted by Gasteiger charge is -2.42. The molecule has 3 rings (SSSR count). The van der Waals surface area contributed by atoms with E-state index in [9.17, 15) is 0 Å². The molecular formula is C19H29N. The maximum Gasteiger partial charge on any atom is 0.00755 e. The van der Waals surface area contributed by atoms with Gasteiger partial charge in [0.15, 0.2) is 0 Å². The second-order valence-corrected chi connectivity index (χ2v) is 7.90. The lowest BCUT2D eigenvalue weighted by molar-refractivity contribution is 0.224. The van der Waals surface area contributed by atoms with Crippen LogP contribution in [0.2, 0.25) is 0 Å². The van der Waals surface area contributed by atoms with Gasteiger partial charge in [0.05, 0.1) is 0 Å². The first-order chi connectivity index (χ1) is 9.55. The molecule has 0 aromatic heterocycles. The molecule has 2 fully saturated rings. The summed E-state index contributed by atoms with van der Waals surface area (Å²) < 4.78 is 0. The van der Waals surface area contributed by atoms with Gasteiger partial charge in [-0.3, -0.25) is 0 Å². The second kappa shape index (κ2) is 5.18. The quantitative estimate of drug-likeness (QED) is 0.843. The summed E-state index contributed by atoms with van der Waals surface area (Å²) in [5.74, 6) is 0.785. The summed E-state index contributed by atoms with van der Waals surface area (Å²) in [5.41, 5.74) is 9.92. The molecule has 20 heavy (non-hydrogen) atoms. The Hall–Kier alpha value is -0.820. The molecule has 2 aliphatic rings. The first kappa shape index (κ1) is 14.1. The monoisotopic (exact) mass is 271 g/mol. The number of hydrogen-bond acceptors (Lipinski definition) is 1.